The van der Waals surface area contributed by atoms with Crippen LogP contribution < -0.4 is 0 Å². The molecule has 0 amide bonds. The van der Waals surface area contributed by atoms with Crippen LogP contribution in [-0.2, 0) is 14.3 Å². The van der Waals surface area contributed by atoms with E-state index in [1.807, 2.05) is 0 Å². The molecule has 0 fully saturated rings. The number of unbranched alkanes of at least 4 members (excludes halogenated alkanes) is 17. The summed E-state index contributed by atoms with van der Waals surface area (Å²) < 4.78 is 4.90. The van der Waals surface area contributed by atoms with Crippen molar-refractivity contribution in [1.29, 1.82) is 0 Å². The van der Waals surface area contributed by atoms with Crippen molar-refractivity contribution in [2.45, 2.75) is 142 Å². The van der Waals surface area contributed by atoms with Crippen molar-refractivity contribution in [1.82, 2.24) is 0 Å². The van der Waals surface area contributed by atoms with E-state index in [9.17, 15) is 14.7 Å². The van der Waals surface area contributed by atoms with Gasteiger partial charge < -0.3 is 9.84 Å². The molecule has 0 saturated heterocycles. The summed E-state index contributed by atoms with van der Waals surface area (Å²) in [5.74, 6) is -2.00. The van der Waals surface area contributed by atoms with E-state index in [2.05, 4.69) is 25.7 Å². The number of carboxylic acids is 1. The first-order chi connectivity index (χ1) is 16.6. The molecule has 0 saturated carbocycles. The molecule has 4 heteroatoms. The van der Waals surface area contributed by atoms with Crippen molar-refractivity contribution >= 4 is 11.9 Å². The standard InChI is InChI=1S/C30H54O4/c1-3-5-6-7-8-9-10-11-12-13-14-15-16-17-18-19-20-21-22-23-24-25-28(30(32)33)27-29(31)34-26-4-2/h4,16-17,28H,2-3,5-15,18-27H2,1H3,(H,32,33)/b17-16+. The van der Waals surface area contributed by atoms with E-state index in [0.717, 1.165) is 19.3 Å². The van der Waals surface area contributed by atoms with Crippen LogP contribution >= 0.6 is 0 Å². The summed E-state index contributed by atoms with van der Waals surface area (Å²) >= 11 is 0. The molecule has 1 atom stereocenters. The molecule has 0 aliphatic rings. The zero-order chi connectivity index (χ0) is 25.1. The maximum Gasteiger partial charge on any atom is 0.307 e. The summed E-state index contributed by atoms with van der Waals surface area (Å²) in [7, 11) is 0. The zero-order valence-electron chi connectivity index (χ0n) is 22.2. The first-order valence-electron chi connectivity index (χ1n) is 14.3. The second-order valence-corrected chi connectivity index (χ2v) is 9.71. The topological polar surface area (TPSA) is 63.6 Å². The molecule has 0 aromatic rings. The van der Waals surface area contributed by atoms with E-state index in [1.54, 1.807) is 0 Å². The number of hydrogen-bond acceptors (Lipinski definition) is 3. The van der Waals surface area contributed by atoms with Crippen molar-refractivity contribution in [3.63, 3.8) is 0 Å². The third kappa shape index (κ3) is 23.6. The van der Waals surface area contributed by atoms with Gasteiger partial charge in [-0.2, -0.15) is 0 Å². The highest BCUT2D eigenvalue weighted by atomic mass is 16.5. The lowest BCUT2D eigenvalue weighted by Crippen LogP contribution is -2.19. The Hall–Kier alpha value is -1.58. The van der Waals surface area contributed by atoms with Crippen LogP contribution in [0.2, 0.25) is 0 Å². The van der Waals surface area contributed by atoms with Crippen molar-refractivity contribution in [3.8, 4) is 0 Å². The van der Waals surface area contributed by atoms with Crippen LogP contribution in [0.25, 0.3) is 0 Å². The second kappa shape index (κ2) is 26.0. The molecule has 4 nitrogen and oxygen atoms in total. The highest BCUT2D eigenvalue weighted by Gasteiger charge is 2.21. The number of carbonyl (C=O) groups is 2. The number of esters is 1. The number of ether oxygens (including phenoxy) is 1. The van der Waals surface area contributed by atoms with Crippen LogP contribution in [0.1, 0.15) is 142 Å². The van der Waals surface area contributed by atoms with Gasteiger partial charge in [0.05, 0.1) is 12.3 Å². The van der Waals surface area contributed by atoms with Gasteiger partial charge in [-0.05, 0) is 32.1 Å². The summed E-state index contributed by atoms with van der Waals surface area (Å²) in [6.07, 6.45) is 31.2. The lowest BCUT2D eigenvalue weighted by molar-refractivity contribution is -0.151. The monoisotopic (exact) mass is 478 g/mol. The third-order valence-electron chi connectivity index (χ3n) is 6.44. The minimum Gasteiger partial charge on any atom is -0.481 e. The Morgan fingerprint density at radius 3 is 1.62 bits per heavy atom. The molecule has 0 radical (unpaired) electrons. The number of rotatable bonds is 26. The Kier molecular flexibility index (Phi) is 24.8. The first kappa shape index (κ1) is 32.4. The van der Waals surface area contributed by atoms with Gasteiger partial charge in [0.2, 0.25) is 0 Å². The molecule has 0 heterocycles. The lowest BCUT2D eigenvalue weighted by Gasteiger charge is -2.11. The predicted octanol–water partition coefficient (Wildman–Crippen LogP) is 9.18. The molecule has 0 spiro atoms. The van der Waals surface area contributed by atoms with E-state index in [4.69, 9.17) is 4.74 Å². The molecule has 0 rings (SSSR count). The van der Waals surface area contributed by atoms with E-state index < -0.39 is 17.9 Å². The van der Waals surface area contributed by atoms with Gasteiger partial charge in [0, 0.05) is 0 Å². The molecule has 198 valence electrons. The van der Waals surface area contributed by atoms with Crippen LogP contribution in [0.4, 0.5) is 0 Å². The Morgan fingerprint density at radius 2 is 1.18 bits per heavy atom. The largest absolute Gasteiger partial charge is 0.481 e. The van der Waals surface area contributed by atoms with Crippen LogP contribution in [0.3, 0.4) is 0 Å². The Labute approximate surface area is 210 Å². The molecule has 0 aliphatic carbocycles. The fraction of sp³-hybridized carbons (Fsp3) is 0.800. The number of carbonyl (C=O) groups excluding carboxylic acids is 1. The fourth-order valence-electron chi connectivity index (χ4n) is 4.25. The van der Waals surface area contributed by atoms with Crippen LogP contribution in [0.15, 0.2) is 24.8 Å². The van der Waals surface area contributed by atoms with Crippen molar-refractivity contribution in [2.24, 2.45) is 5.92 Å². The number of carboxylic acid groups (broad SMARTS) is 1. The Morgan fingerprint density at radius 1 is 0.735 bits per heavy atom. The van der Waals surface area contributed by atoms with E-state index in [0.29, 0.717) is 6.42 Å². The van der Waals surface area contributed by atoms with Gasteiger partial charge in [0.25, 0.3) is 0 Å². The molecule has 0 aromatic heterocycles. The van der Waals surface area contributed by atoms with Gasteiger partial charge in [-0.1, -0.05) is 128 Å². The summed E-state index contributed by atoms with van der Waals surface area (Å²) in [5.41, 5.74) is 0. The summed E-state index contributed by atoms with van der Waals surface area (Å²) in [5, 5.41) is 9.28. The highest BCUT2D eigenvalue weighted by Crippen LogP contribution is 2.17. The van der Waals surface area contributed by atoms with Crippen LogP contribution in [0.5, 0.6) is 0 Å². The van der Waals surface area contributed by atoms with Crippen LogP contribution in [0, 0.1) is 5.92 Å². The lowest BCUT2D eigenvalue weighted by atomic mass is 9.97. The molecule has 0 bridgehead atoms. The molecule has 34 heavy (non-hydrogen) atoms. The zero-order valence-corrected chi connectivity index (χ0v) is 22.2. The fourth-order valence-corrected chi connectivity index (χ4v) is 4.25. The third-order valence-corrected chi connectivity index (χ3v) is 6.44. The number of allylic oxidation sites excluding steroid dienone is 2. The second-order valence-electron chi connectivity index (χ2n) is 9.71. The molecular weight excluding hydrogens is 424 g/mol. The van der Waals surface area contributed by atoms with E-state index >= 15 is 0 Å². The highest BCUT2D eigenvalue weighted by molar-refractivity contribution is 5.78. The van der Waals surface area contributed by atoms with Gasteiger partial charge in [-0.25, -0.2) is 0 Å². The maximum atomic E-state index is 11.6. The normalized spacial score (nSPS) is 12.1. The van der Waals surface area contributed by atoms with Gasteiger partial charge in [-0.3, -0.25) is 9.59 Å². The SMILES string of the molecule is C=CCOC(=O)CC(CCCCCCCC/C=C/CCCCCCCCCCCCC)C(=O)O. The molecule has 1 N–H and O–H groups in total. The van der Waals surface area contributed by atoms with E-state index in [-0.39, 0.29) is 13.0 Å². The Balaban J connectivity index is 3.42. The number of aliphatic carboxylic acids is 1. The minimum atomic E-state index is -0.907. The summed E-state index contributed by atoms with van der Waals surface area (Å²) in [4.78, 5) is 22.9. The summed E-state index contributed by atoms with van der Waals surface area (Å²) in [6, 6.07) is 0. The van der Waals surface area contributed by atoms with Gasteiger partial charge in [0.15, 0.2) is 0 Å². The molecular formula is C30H54O4. The average Bonchev–Trinajstić information content (AvgIpc) is 2.82. The van der Waals surface area contributed by atoms with Gasteiger partial charge >= 0.3 is 11.9 Å². The summed E-state index contributed by atoms with van der Waals surface area (Å²) in [6.45, 7) is 5.90. The molecule has 0 aromatic carbocycles. The number of hydrogen-bond donors (Lipinski definition) is 1. The molecule has 0 aliphatic heterocycles. The van der Waals surface area contributed by atoms with Crippen molar-refractivity contribution in [2.75, 3.05) is 6.61 Å². The van der Waals surface area contributed by atoms with Crippen molar-refractivity contribution in [3.05, 3.63) is 24.8 Å². The van der Waals surface area contributed by atoms with E-state index in [1.165, 1.54) is 109 Å². The smallest absolute Gasteiger partial charge is 0.307 e. The first-order valence-corrected chi connectivity index (χ1v) is 14.3. The van der Waals surface area contributed by atoms with Crippen LogP contribution in [-0.4, -0.2) is 23.7 Å². The maximum absolute atomic E-state index is 11.6. The van der Waals surface area contributed by atoms with Gasteiger partial charge in [-0.15, -0.1) is 0 Å². The molecule has 1 unspecified atom stereocenters. The van der Waals surface area contributed by atoms with Gasteiger partial charge in [0.1, 0.15) is 6.61 Å². The average molecular weight is 479 g/mol. The van der Waals surface area contributed by atoms with Crippen molar-refractivity contribution < 1.29 is 19.4 Å². The Bertz CT molecular complexity index is 512. The minimum absolute atomic E-state index is 0.0469. The quantitative estimate of drug-likeness (QED) is 0.0764. The predicted molar refractivity (Wildman–Crippen MR) is 144 cm³/mol.